The van der Waals surface area contributed by atoms with Crippen LogP contribution < -0.4 is 15.2 Å². The van der Waals surface area contributed by atoms with E-state index in [1.165, 1.54) is 12.1 Å². The highest BCUT2D eigenvalue weighted by Gasteiger charge is 2.33. The van der Waals surface area contributed by atoms with Crippen molar-refractivity contribution in [3.63, 3.8) is 0 Å². The number of carboxylic acids is 1. The monoisotopic (exact) mass is 549 g/mol. The number of rotatable bonds is 15. The Balaban J connectivity index is 3.32. The molecule has 2 unspecified atom stereocenters. The van der Waals surface area contributed by atoms with E-state index in [4.69, 9.17) is 19.9 Å². The number of hydrogen-bond acceptors (Lipinski definition) is 8. The smallest absolute Gasteiger partial charge is 0.321 e. The van der Waals surface area contributed by atoms with Crippen LogP contribution in [0.1, 0.15) is 99.0 Å². The fourth-order valence-electron chi connectivity index (χ4n) is 3.91. The Kier molecular flexibility index (Phi) is 13.6. The van der Waals surface area contributed by atoms with Gasteiger partial charge >= 0.3 is 23.9 Å². The van der Waals surface area contributed by atoms with Crippen molar-refractivity contribution in [1.29, 1.82) is 0 Å². The van der Waals surface area contributed by atoms with E-state index in [1.54, 1.807) is 13.0 Å². The number of carboxylic acid groups (broad SMARTS) is 1. The minimum atomic E-state index is -1.33. The highest BCUT2D eigenvalue weighted by molar-refractivity contribution is 5.77. The lowest BCUT2D eigenvalue weighted by atomic mass is 9.82. The third-order valence-corrected chi connectivity index (χ3v) is 6.12. The van der Waals surface area contributed by atoms with Crippen LogP contribution in [0.3, 0.4) is 0 Å². The second-order valence-corrected chi connectivity index (χ2v) is 12.3. The molecule has 0 aliphatic carbocycles. The highest BCUT2D eigenvalue weighted by atomic mass is 16.6. The summed E-state index contributed by atoms with van der Waals surface area (Å²) in [6.07, 6.45) is 1.83. The highest BCUT2D eigenvalue weighted by Crippen LogP contribution is 2.36. The Labute approximate surface area is 232 Å². The maximum atomic E-state index is 12.6. The maximum absolute atomic E-state index is 12.6. The Morgan fingerprint density at radius 3 is 1.82 bits per heavy atom. The molecule has 0 radical (unpaired) electrons. The van der Waals surface area contributed by atoms with Crippen molar-refractivity contribution in [2.45, 2.75) is 99.5 Å². The average Bonchev–Trinajstić information content (AvgIpc) is 2.80. The van der Waals surface area contributed by atoms with Gasteiger partial charge in [0.15, 0.2) is 11.5 Å². The predicted molar refractivity (Wildman–Crippen MR) is 148 cm³/mol. The fraction of sp³-hybridized carbons (Fsp3) is 0.667. The van der Waals surface area contributed by atoms with Gasteiger partial charge in [-0.15, -0.1) is 0 Å². The van der Waals surface area contributed by atoms with Gasteiger partial charge in [0.25, 0.3) is 0 Å². The van der Waals surface area contributed by atoms with Gasteiger partial charge in [0, 0.05) is 18.8 Å². The molecule has 0 aromatic heterocycles. The normalized spacial score (nSPS) is 14.0. The first-order valence-corrected chi connectivity index (χ1v) is 13.7. The topological polar surface area (TPSA) is 142 Å². The van der Waals surface area contributed by atoms with Gasteiger partial charge in [0.05, 0.1) is 13.0 Å². The molecule has 0 aliphatic heterocycles. The summed E-state index contributed by atoms with van der Waals surface area (Å²) >= 11 is 0. The number of carbonyl (C=O) groups is 4. The van der Waals surface area contributed by atoms with E-state index in [9.17, 15) is 24.3 Å². The first kappa shape index (κ1) is 34.1. The Morgan fingerprint density at radius 2 is 1.36 bits per heavy atom. The van der Waals surface area contributed by atoms with E-state index in [2.05, 4.69) is 0 Å². The van der Waals surface area contributed by atoms with Gasteiger partial charge in [-0.2, -0.15) is 0 Å². The number of hydrogen-bond donors (Lipinski definition) is 2. The lowest BCUT2D eigenvalue weighted by molar-refractivity contribution is -0.147. The molecule has 220 valence electrons. The van der Waals surface area contributed by atoms with Crippen LogP contribution in [0, 0.1) is 23.2 Å². The molecule has 0 saturated heterocycles. The summed E-state index contributed by atoms with van der Waals surface area (Å²) in [5.74, 6) is -3.17. The molecule has 0 bridgehead atoms. The number of ether oxygens (including phenoxy) is 3. The quantitative estimate of drug-likeness (QED) is 0.215. The van der Waals surface area contributed by atoms with Gasteiger partial charge in [-0.3, -0.25) is 19.2 Å². The number of carbonyl (C=O) groups excluding carboxylic acids is 3. The molecule has 0 saturated carbocycles. The third kappa shape index (κ3) is 13.1. The van der Waals surface area contributed by atoms with Gasteiger partial charge in [-0.05, 0) is 53.7 Å². The molecule has 3 atom stereocenters. The van der Waals surface area contributed by atoms with Crippen LogP contribution in [0.5, 0.6) is 11.5 Å². The largest absolute Gasteiger partial charge is 0.480 e. The summed E-state index contributed by atoms with van der Waals surface area (Å²) in [6, 6.07) is 3.23. The molecule has 0 aliphatic rings. The third-order valence-electron chi connectivity index (χ3n) is 6.12. The summed E-state index contributed by atoms with van der Waals surface area (Å²) < 4.78 is 16.6. The van der Waals surface area contributed by atoms with Gasteiger partial charge in [0.1, 0.15) is 6.04 Å². The molecule has 0 spiro atoms. The van der Waals surface area contributed by atoms with Crippen molar-refractivity contribution in [3.8, 4) is 11.5 Å². The van der Waals surface area contributed by atoms with E-state index >= 15 is 0 Å². The summed E-state index contributed by atoms with van der Waals surface area (Å²) in [4.78, 5) is 49.2. The van der Waals surface area contributed by atoms with E-state index < -0.39 is 35.8 Å². The number of benzene rings is 1. The first-order chi connectivity index (χ1) is 18.0. The minimum Gasteiger partial charge on any atom is -0.480 e. The predicted octanol–water partition coefficient (Wildman–Crippen LogP) is 5.48. The second-order valence-electron chi connectivity index (χ2n) is 12.3. The molecule has 1 rings (SSSR count). The minimum absolute atomic E-state index is 0.0127. The molecule has 1 aromatic carbocycles. The Bertz CT molecular complexity index is 980. The maximum Gasteiger partial charge on any atom is 0.321 e. The van der Waals surface area contributed by atoms with Crippen LogP contribution in [0.15, 0.2) is 18.2 Å². The van der Waals surface area contributed by atoms with Crippen LogP contribution in [-0.4, -0.2) is 41.6 Å². The zero-order chi connectivity index (χ0) is 29.9. The van der Waals surface area contributed by atoms with E-state index in [0.717, 1.165) is 0 Å². The summed E-state index contributed by atoms with van der Waals surface area (Å²) in [7, 11) is 0. The number of nitrogens with two attached hydrogens (primary N) is 1. The van der Waals surface area contributed by atoms with Gasteiger partial charge in [-0.25, -0.2) is 0 Å². The molecule has 1 aromatic rings. The molecule has 0 amide bonds. The van der Waals surface area contributed by atoms with Crippen molar-refractivity contribution in [3.05, 3.63) is 23.8 Å². The van der Waals surface area contributed by atoms with E-state index in [-0.39, 0.29) is 54.7 Å². The second kappa shape index (κ2) is 15.6. The van der Waals surface area contributed by atoms with Gasteiger partial charge < -0.3 is 25.1 Å². The molecule has 0 heterocycles. The lowest BCUT2D eigenvalue weighted by Crippen LogP contribution is -2.40. The van der Waals surface area contributed by atoms with Crippen LogP contribution in [0.25, 0.3) is 0 Å². The molecule has 9 heteroatoms. The molecule has 0 fully saturated rings. The Hall–Kier alpha value is -2.94. The molecular formula is C30H47NO8. The first-order valence-electron chi connectivity index (χ1n) is 13.7. The standard InChI is InChI=1S/C30H47NO8/c1-18(2)9-13-24(32)38-22-12-11-21(15-23(22)39-25(33)14-10-19(3)4)27(28(31)29(35)36)20(5)17-37-26(34)16-30(6,7)8/h11-12,15,18-20,27-28H,9-10,13-14,16-17,31H2,1-8H3,(H,35,36)/t20?,27?,28-/m0/s1. The van der Waals surface area contributed by atoms with Crippen molar-refractivity contribution >= 4 is 23.9 Å². The molecule has 9 nitrogen and oxygen atoms in total. The molecule has 39 heavy (non-hydrogen) atoms. The van der Waals surface area contributed by atoms with Crippen molar-refractivity contribution in [2.24, 2.45) is 28.9 Å². The lowest BCUT2D eigenvalue weighted by Gasteiger charge is -2.28. The van der Waals surface area contributed by atoms with Crippen molar-refractivity contribution in [1.82, 2.24) is 0 Å². The van der Waals surface area contributed by atoms with E-state index in [0.29, 0.717) is 24.3 Å². The van der Waals surface area contributed by atoms with Crippen LogP contribution >= 0.6 is 0 Å². The molecular weight excluding hydrogens is 502 g/mol. The van der Waals surface area contributed by atoms with Crippen molar-refractivity contribution in [2.75, 3.05) is 6.61 Å². The SMILES string of the molecule is CC(C)CCC(=O)Oc1ccc(C(C(C)COC(=O)CC(C)(C)C)[C@H](N)C(=O)O)cc1OC(=O)CCC(C)C. The average molecular weight is 550 g/mol. The summed E-state index contributed by atoms with van der Waals surface area (Å²) in [6.45, 7) is 15.4. The van der Waals surface area contributed by atoms with Gasteiger partial charge in [-0.1, -0.05) is 61.5 Å². The van der Waals surface area contributed by atoms with Gasteiger partial charge in [0.2, 0.25) is 0 Å². The van der Waals surface area contributed by atoms with Crippen LogP contribution in [0.2, 0.25) is 0 Å². The zero-order valence-electron chi connectivity index (χ0n) is 24.7. The fourth-order valence-corrected chi connectivity index (χ4v) is 3.91. The van der Waals surface area contributed by atoms with Crippen molar-refractivity contribution < 1.29 is 38.5 Å². The number of aliphatic carboxylic acids is 1. The van der Waals surface area contributed by atoms with Crippen LogP contribution in [0.4, 0.5) is 0 Å². The number of esters is 3. The Morgan fingerprint density at radius 1 is 0.846 bits per heavy atom. The summed E-state index contributed by atoms with van der Waals surface area (Å²) in [5, 5.41) is 9.72. The molecule has 3 N–H and O–H groups in total. The van der Waals surface area contributed by atoms with E-state index in [1.807, 2.05) is 48.5 Å². The van der Waals surface area contributed by atoms with Crippen LogP contribution in [-0.2, 0) is 23.9 Å². The summed E-state index contributed by atoms with van der Waals surface area (Å²) in [5.41, 5.74) is 6.29. The zero-order valence-corrected chi connectivity index (χ0v) is 24.7.